The zero-order valence-electron chi connectivity index (χ0n) is 19.3. The van der Waals surface area contributed by atoms with Crippen LogP contribution in [0.15, 0.2) is 115 Å². The van der Waals surface area contributed by atoms with Gasteiger partial charge in [-0.15, -0.1) is 0 Å². The van der Waals surface area contributed by atoms with Gasteiger partial charge in [0, 0.05) is 6.42 Å². The Bertz CT molecular complexity index is 1210. The van der Waals surface area contributed by atoms with Crippen LogP contribution in [0.3, 0.4) is 0 Å². The van der Waals surface area contributed by atoms with Crippen LogP contribution in [0.1, 0.15) is 36.0 Å². The number of benzene rings is 4. The van der Waals surface area contributed by atoms with E-state index in [-0.39, 0.29) is 5.97 Å². The number of para-hydroxylation sites is 1. The molecule has 0 amide bonds. The standard InChI is InChI=1S/C31H28O3/c1-33-27-22-20-26(21-23-27)31(25-14-7-3-8-15-25)29(24-12-5-2-6-13-24)18-11-19-30(32)34-28-16-9-4-10-17-28/h2-10,12-17,20-23H,11,18-19H2,1H3/b31-29-. The van der Waals surface area contributed by atoms with Crippen molar-refractivity contribution < 1.29 is 14.3 Å². The maximum Gasteiger partial charge on any atom is 0.311 e. The highest BCUT2D eigenvalue weighted by atomic mass is 16.5. The van der Waals surface area contributed by atoms with Gasteiger partial charge in [-0.25, -0.2) is 0 Å². The van der Waals surface area contributed by atoms with Gasteiger partial charge in [0.25, 0.3) is 0 Å². The molecule has 0 radical (unpaired) electrons. The summed E-state index contributed by atoms with van der Waals surface area (Å²) in [5.74, 6) is 1.18. The lowest BCUT2D eigenvalue weighted by atomic mass is 9.87. The van der Waals surface area contributed by atoms with Crippen molar-refractivity contribution in [1.29, 1.82) is 0 Å². The highest BCUT2D eigenvalue weighted by molar-refractivity contribution is 5.98. The van der Waals surface area contributed by atoms with Crippen molar-refractivity contribution in [1.82, 2.24) is 0 Å². The molecule has 4 rings (SSSR count). The average molecular weight is 449 g/mol. The number of hydrogen-bond donors (Lipinski definition) is 0. The number of carbonyl (C=O) groups is 1. The smallest absolute Gasteiger partial charge is 0.311 e. The van der Waals surface area contributed by atoms with Gasteiger partial charge in [0.05, 0.1) is 7.11 Å². The highest BCUT2D eigenvalue weighted by Gasteiger charge is 2.15. The summed E-state index contributed by atoms with van der Waals surface area (Å²) in [6.45, 7) is 0. The third-order valence-electron chi connectivity index (χ3n) is 5.65. The van der Waals surface area contributed by atoms with Gasteiger partial charge in [-0.1, -0.05) is 91.0 Å². The largest absolute Gasteiger partial charge is 0.497 e. The predicted octanol–water partition coefficient (Wildman–Crippen LogP) is 7.43. The van der Waals surface area contributed by atoms with E-state index in [4.69, 9.17) is 9.47 Å². The first-order valence-electron chi connectivity index (χ1n) is 11.5. The molecular formula is C31H28O3. The Morgan fingerprint density at radius 3 is 1.71 bits per heavy atom. The predicted molar refractivity (Wildman–Crippen MR) is 138 cm³/mol. The van der Waals surface area contributed by atoms with Gasteiger partial charge in [0.1, 0.15) is 11.5 Å². The SMILES string of the molecule is COc1ccc(/C(=C(/CCCC(=O)Oc2ccccc2)c2ccccc2)c2ccccc2)cc1. The minimum Gasteiger partial charge on any atom is -0.497 e. The molecule has 0 bridgehead atoms. The summed E-state index contributed by atoms with van der Waals surface area (Å²) >= 11 is 0. The molecule has 0 unspecified atom stereocenters. The van der Waals surface area contributed by atoms with Gasteiger partial charge in [-0.2, -0.15) is 0 Å². The van der Waals surface area contributed by atoms with E-state index in [9.17, 15) is 4.79 Å². The highest BCUT2D eigenvalue weighted by Crippen LogP contribution is 2.36. The van der Waals surface area contributed by atoms with E-state index >= 15 is 0 Å². The number of ether oxygens (including phenoxy) is 2. The molecule has 170 valence electrons. The van der Waals surface area contributed by atoms with Crippen molar-refractivity contribution >= 4 is 17.1 Å². The van der Waals surface area contributed by atoms with Crippen LogP contribution in [0, 0.1) is 0 Å². The summed E-state index contributed by atoms with van der Waals surface area (Å²) in [5, 5.41) is 0. The Morgan fingerprint density at radius 2 is 1.12 bits per heavy atom. The molecule has 0 spiro atoms. The molecule has 0 saturated carbocycles. The number of hydrogen-bond acceptors (Lipinski definition) is 3. The van der Waals surface area contributed by atoms with E-state index in [1.807, 2.05) is 42.5 Å². The molecule has 0 fully saturated rings. The van der Waals surface area contributed by atoms with Gasteiger partial charge >= 0.3 is 5.97 Å². The first-order valence-corrected chi connectivity index (χ1v) is 11.5. The van der Waals surface area contributed by atoms with E-state index in [1.165, 1.54) is 5.57 Å². The maximum absolute atomic E-state index is 12.5. The Morgan fingerprint density at radius 1 is 0.588 bits per heavy atom. The summed E-state index contributed by atoms with van der Waals surface area (Å²) in [5.41, 5.74) is 5.75. The summed E-state index contributed by atoms with van der Waals surface area (Å²) in [7, 11) is 1.67. The minimum atomic E-state index is -0.218. The van der Waals surface area contributed by atoms with E-state index in [0.717, 1.165) is 34.4 Å². The molecule has 0 N–H and O–H groups in total. The van der Waals surface area contributed by atoms with E-state index in [1.54, 1.807) is 19.2 Å². The number of rotatable bonds is 9. The number of carbonyl (C=O) groups excluding carboxylic acids is 1. The van der Waals surface area contributed by atoms with Crippen molar-refractivity contribution in [3.05, 3.63) is 132 Å². The lowest BCUT2D eigenvalue weighted by Crippen LogP contribution is -2.07. The zero-order chi connectivity index (χ0) is 23.6. The van der Waals surface area contributed by atoms with Crippen LogP contribution in [0.2, 0.25) is 0 Å². The molecule has 0 aliphatic rings. The minimum absolute atomic E-state index is 0.218. The van der Waals surface area contributed by atoms with E-state index < -0.39 is 0 Å². The Hall–Kier alpha value is -4.11. The number of esters is 1. The molecule has 0 atom stereocenters. The average Bonchev–Trinajstić information content (AvgIpc) is 2.90. The Balaban J connectivity index is 1.67. The fourth-order valence-electron chi connectivity index (χ4n) is 4.01. The third kappa shape index (κ3) is 6.02. The summed E-state index contributed by atoms with van der Waals surface area (Å²) in [6.07, 6.45) is 1.77. The van der Waals surface area contributed by atoms with Crippen LogP contribution in [-0.4, -0.2) is 13.1 Å². The Labute approximate surface area is 201 Å². The quantitative estimate of drug-likeness (QED) is 0.152. The van der Waals surface area contributed by atoms with Gasteiger partial charge in [0.15, 0.2) is 0 Å². The van der Waals surface area contributed by atoms with Crippen LogP contribution in [-0.2, 0) is 4.79 Å². The first kappa shape index (κ1) is 23.1. The van der Waals surface area contributed by atoms with Crippen LogP contribution in [0.5, 0.6) is 11.5 Å². The van der Waals surface area contributed by atoms with Crippen LogP contribution >= 0.6 is 0 Å². The molecular weight excluding hydrogens is 420 g/mol. The zero-order valence-corrected chi connectivity index (χ0v) is 19.3. The van der Waals surface area contributed by atoms with Crippen LogP contribution < -0.4 is 9.47 Å². The van der Waals surface area contributed by atoms with Crippen molar-refractivity contribution in [2.75, 3.05) is 7.11 Å². The molecule has 3 nitrogen and oxygen atoms in total. The lowest BCUT2D eigenvalue weighted by molar-refractivity contribution is -0.134. The van der Waals surface area contributed by atoms with Crippen LogP contribution in [0.4, 0.5) is 0 Å². The molecule has 0 saturated heterocycles. The molecule has 0 aliphatic carbocycles. The topological polar surface area (TPSA) is 35.5 Å². The maximum atomic E-state index is 12.5. The fourth-order valence-corrected chi connectivity index (χ4v) is 4.01. The van der Waals surface area contributed by atoms with Crippen LogP contribution in [0.25, 0.3) is 11.1 Å². The molecule has 0 aliphatic heterocycles. The number of methoxy groups -OCH3 is 1. The lowest BCUT2D eigenvalue weighted by Gasteiger charge is -2.18. The normalized spacial score (nSPS) is 11.4. The molecule has 3 heteroatoms. The molecule has 4 aromatic rings. The van der Waals surface area contributed by atoms with E-state index in [2.05, 4.69) is 60.7 Å². The van der Waals surface area contributed by atoms with Crippen molar-refractivity contribution in [2.24, 2.45) is 0 Å². The molecule has 4 aromatic carbocycles. The van der Waals surface area contributed by atoms with Gasteiger partial charge in [0.2, 0.25) is 0 Å². The second-order valence-electron chi connectivity index (χ2n) is 7.95. The second kappa shape index (κ2) is 11.7. The monoisotopic (exact) mass is 448 g/mol. The number of allylic oxidation sites excluding steroid dienone is 1. The molecule has 0 aromatic heterocycles. The second-order valence-corrected chi connectivity index (χ2v) is 7.95. The van der Waals surface area contributed by atoms with Crippen molar-refractivity contribution in [3.8, 4) is 11.5 Å². The van der Waals surface area contributed by atoms with Gasteiger partial charge in [-0.3, -0.25) is 4.79 Å². The van der Waals surface area contributed by atoms with Gasteiger partial charge < -0.3 is 9.47 Å². The first-order chi connectivity index (χ1) is 16.7. The van der Waals surface area contributed by atoms with Crippen molar-refractivity contribution in [3.63, 3.8) is 0 Å². The summed E-state index contributed by atoms with van der Waals surface area (Å²) in [6, 6.07) is 38.1. The molecule has 0 heterocycles. The fraction of sp³-hybridized carbons (Fsp3) is 0.129. The van der Waals surface area contributed by atoms with Crippen molar-refractivity contribution in [2.45, 2.75) is 19.3 Å². The summed E-state index contributed by atoms with van der Waals surface area (Å²) < 4.78 is 10.9. The van der Waals surface area contributed by atoms with Gasteiger partial charge in [-0.05, 0) is 64.9 Å². The Kier molecular flexibility index (Phi) is 7.91. The third-order valence-corrected chi connectivity index (χ3v) is 5.65. The van der Waals surface area contributed by atoms with E-state index in [0.29, 0.717) is 18.6 Å². The summed E-state index contributed by atoms with van der Waals surface area (Å²) in [4.78, 5) is 12.5. The molecule has 34 heavy (non-hydrogen) atoms.